The molecule has 0 bridgehead atoms. The Hall–Kier alpha value is -3.02. The summed E-state index contributed by atoms with van der Waals surface area (Å²) in [7, 11) is 0. The number of rotatable bonds is 7. The van der Waals surface area contributed by atoms with Crippen LogP contribution < -0.4 is 14.8 Å². The second-order valence-electron chi connectivity index (χ2n) is 6.67. The molecular formula is C21H23NO5. The molecule has 1 amide bonds. The Morgan fingerprint density at radius 3 is 2.59 bits per heavy atom. The van der Waals surface area contributed by atoms with Crippen molar-refractivity contribution < 1.29 is 24.2 Å². The zero-order chi connectivity index (χ0) is 19.2. The molecule has 1 fully saturated rings. The summed E-state index contributed by atoms with van der Waals surface area (Å²) < 4.78 is 11.1. The zero-order valence-electron chi connectivity index (χ0n) is 15.2. The minimum atomic E-state index is -1.04. The van der Waals surface area contributed by atoms with Gasteiger partial charge in [-0.3, -0.25) is 4.79 Å². The van der Waals surface area contributed by atoms with Crippen molar-refractivity contribution in [2.45, 2.75) is 38.7 Å². The van der Waals surface area contributed by atoms with Crippen molar-refractivity contribution in [3.8, 4) is 11.5 Å². The molecule has 2 N–H and O–H groups in total. The van der Waals surface area contributed by atoms with Crippen LogP contribution in [-0.4, -0.2) is 29.7 Å². The van der Waals surface area contributed by atoms with Gasteiger partial charge in [-0.25, -0.2) is 4.79 Å². The Balaban J connectivity index is 1.65. The number of carbonyl (C=O) groups is 2. The van der Waals surface area contributed by atoms with Gasteiger partial charge in [-0.1, -0.05) is 6.07 Å². The number of anilines is 1. The maximum atomic E-state index is 12.6. The van der Waals surface area contributed by atoms with Gasteiger partial charge in [0.2, 0.25) is 0 Å². The topological polar surface area (TPSA) is 84.9 Å². The molecule has 0 aliphatic heterocycles. The highest BCUT2D eigenvalue weighted by atomic mass is 16.5. The highest BCUT2D eigenvalue weighted by molar-refractivity contribution is 6.04. The number of aryl methyl sites for hydroxylation is 1. The minimum Gasteiger partial charge on any atom is -0.490 e. The van der Waals surface area contributed by atoms with Gasteiger partial charge in [-0.2, -0.15) is 0 Å². The first-order valence-electron chi connectivity index (χ1n) is 9.04. The van der Waals surface area contributed by atoms with E-state index in [4.69, 9.17) is 14.6 Å². The van der Waals surface area contributed by atoms with Gasteiger partial charge >= 0.3 is 5.97 Å². The second-order valence-corrected chi connectivity index (χ2v) is 6.67. The lowest BCUT2D eigenvalue weighted by atomic mass is 10.1. The van der Waals surface area contributed by atoms with Gasteiger partial charge in [-0.05, 0) is 74.6 Å². The summed E-state index contributed by atoms with van der Waals surface area (Å²) in [4.78, 5) is 23.2. The Morgan fingerprint density at radius 1 is 1.11 bits per heavy atom. The van der Waals surface area contributed by atoms with Gasteiger partial charge in [-0.15, -0.1) is 0 Å². The number of ether oxygens (including phenoxy) is 2. The Bertz CT molecular complexity index is 827. The van der Waals surface area contributed by atoms with Crippen LogP contribution >= 0.6 is 0 Å². The molecule has 0 heterocycles. The van der Waals surface area contributed by atoms with Crippen LogP contribution in [0.15, 0.2) is 42.5 Å². The first kappa shape index (κ1) is 18.8. The number of hydrogen-bond acceptors (Lipinski definition) is 4. The van der Waals surface area contributed by atoms with Crippen LogP contribution in [0.4, 0.5) is 5.69 Å². The van der Waals surface area contributed by atoms with E-state index in [1.807, 2.05) is 19.1 Å². The molecule has 6 heteroatoms. The van der Waals surface area contributed by atoms with Crippen LogP contribution in [0.1, 0.15) is 41.6 Å². The predicted molar refractivity (Wildman–Crippen MR) is 102 cm³/mol. The van der Waals surface area contributed by atoms with Gasteiger partial charge in [0.05, 0.1) is 6.10 Å². The van der Waals surface area contributed by atoms with Crippen LogP contribution in [0.5, 0.6) is 11.5 Å². The third kappa shape index (κ3) is 5.23. The van der Waals surface area contributed by atoms with E-state index in [-0.39, 0.29) is 12.0 Å². The normalized spacial score (nSPS) is 14.0. The standard InChI is InChI=1S/C21H23NO5/c1-14-11-17(26-13-20(23)24)9-10-19(14)22-21(25)15-5-4-8-18(12-15)27-16-6-2-3-7-16/h4-5,8-12,16H,2-3,6-7,13H2,1H3,(H,22,25)(H,23,24). The second kappa shape index (κ2) is 8.58. The molecule has 0 saturated heterocycles. The Labute approximate surface area is 158 Å². The SMILES string of the molecule is Cc1cc(OCC(=O)O)ccc1NC(=O)c1cccc(OC2CCCC2)c1. The Morgan fingerprint density at radius 2 is 1.89 bits per heavy atom. The largest absolute Gasteiger partial charge is 0.490 e. The first-order valence-corrected chi connectivity index (χ1v) is 9.04. The molecule has 0 spiro atoms. The highest BCUT2D eigenvalue weighted by Gasteiger charge is 2.17. The molecule has 6 nitrogen and oxygen atoms in total. The summed E-state index contributed by atoms with van der Waals surface area (Å²) in [5, 5.41) is 11.5. The highest BCUT2D eigenvalue weighted by Crippen LogP contribution is 2.26. The molecule has 2 aromatic carbocycles. The third-order valence-corrected chi connectivity index (χ3v) is 4.51. The minimum absolute atomic E-state index is 0.228. The summed E-state index contributed by atoms with van der Waals surface area (Å²) in [5.41, 5.74) is 1.95. The molecule has 0 aromatic heterocycles. The molecule has 27 heavy (non-hydrogen) atoms. The van der Waals surface area contributed by atoms with E-state index >= 15 is 0 Å². The molecule has 1 saturated carbocycles. The first-order chi connectivity index (χ1) is 13.0. The molecule has 1 aliphatic rings. The zero-order valence-corrected chi connectivity index (χ0v) is 15.2. The van der Waals surface area contributed by atoms with E-state index in [1.54, 1.807) is 30.3 Å². The summed E-state index contributed by atoms with van der Waals surface area (Å²) >= 11 is 0. The van der Waals surface area contributed by atoms with Crippen LogP contribution in [0.3, 0.4) is 0 Å². The van der Waals surface area contributed by atoms with E-state index in [2.05, 4.69) is 5.32 Å². The lowest BCUT2D eigenvalue weighted by Gasteiger charge is -2.14. The molecule has 0 radical (unpaired) electrons. The molecule has 2 aromatic rings. The number of aliphatic carboxylic acids is 1. The molecule has 142 valence electrons. The molecule has 0 unspecified atom stereocenters. The average molecular weight is 369 g/mol. The maximum Gasteiger partial charge on any atom is 0.341 e. The van der Waals surface area contributed by atoms with E-state index in [9.17, 15) is 9.59 Å². The number of carbonyl (C=O) groups excluding carboxylic acids is 1. The Kier molecular flexibility index (Phi) is 5.96. The van der Waals surface area contributed by atoms with Crippen molar-refractivity contribution in [1.29, 1.82) is 0 Å². The number of hydrogen-bond donors (Lipinski definition) is 2. The number of nitrogens with one attached hydrogen (secondary N) is 1. The fraction of sp³-hybridized carbons (Fsp3) is 0.333. The van der Waals surface area contributed by atoms with Crippen LogP contribution in [0, 0.1) is 6.92 Å². The number of amides is 1. The van der Waals surface area contributed by atoms with Crippen molar-refractivity contribution in [2.75, 3.05) is 11.9 Å². The molecule has 1 aliphatic carbocycles. The summed E-state index contributed by atoms with van der Waals surface area (Å²) in [6, 6.07) is 12.2. The van der Waals surface area contributed by atoms with E-state index in [1.165, 1.54) is 12.8 Å². The average Bonchev–Trinajstić information content (AvgIpc) is 3.15. The van der Waals surface area contributed by atoms with Gasteiger partial charge in [0.1, 0.15) is 11.5 Å². The summed E-state index contributed by atoms with van der Waals surface area (Å²) in [5.74, 6) is -0.109. The lowest BCUT2D eigenvalue weighted by molar-refractivity contribution is -0.139. The fourth-order valence-electron chi connectivity index (χ4n) is 3.12. The number of benzene rings is 2. The predicted octanol–water partition coefficient (Wildman–Crippen LogP) is 4.03. The van der Waals surface area contributed by atoms with E-state index in [0.29, 0.717) is 22.7 Å². The molecule has 3 rings (SSSR count). The van der Waals surface area contributed by atoms with Gasteiger partial charge < -0.3 is 19.9 Å². The third-order valence-electron chi connectivity index (χ3n) is 4.51. The smallest absolute Gasteiger partial charge is 0.341 e. The van der Waals surface area contributed by atoms with Crippen LogP contribution in [0.2, 0.25) is 0 Å². The lowest BCUT2D eigenvalue weighted by Crippen LogP contribution is -2.14. The van der Waals surface area contributed by atoms with Gasteiger partial charge in [0.25, 0.3) is 5.91 Å². The fourth-order valence-corrected chi connectivity index (χ4v) is 3.12. The van der Waals surface area contributed by atoms with Crippen molar-refractivity contribution in [1.82, 2.24) is 0 Å². The van der Waals surface area contributed by atoms with Crippen LogP contribution in [0.25, 0.3) is 0 Å². The van der Waals surface area contributed by atoms with Gasteiger partial charge in [0, 0.05) is 11.3 Å². The van der Waals surface area contributed by atoms with Crippen molar-refractivity contribution in [2.24, 2.45) is 0 Å². The number of carboxylic acids is 1. The molecular weight excluding hydrogens is 346 g/mol. The summed E-state index contributed by atoms with van der Waals surface area (Å²) in [6.45, 7) is 1.42. The molecule has 0 atom stereocenters. The van der Waals surface area contributed by atoms with E-state index in [0.717, 1.165) is 18.4 Å². The van der Waals surface area contributed by atoms with Crippen molar-refractivity contribution in [3.05, 3.63) is 53.6 Å². The van der Waals surface area contributed by atoms with Crippen LogP contribution in [-0.2, 0) is 4.79 Å². The monoisotopic (exact) mass is 369 g/mol. The summed E-state index contributed by atoms with van der Waals surface area (Å²) in [6.07, 6.45) is 4.74. The van der Waals surface area contributed by atoms with E-state index < -0.39 is 12.6 Å². The van der Waals surface area contributed by atoms with Crippen molar-refractivity contribution in [3.63, 3.8) is 0 Å². The quantitative estimate of drug-likeness (QED) is 0.770. The van der Waals surface area contributed by atoms with Gasteiger partial charge in [0.15, 0.2) is 6.61 Å². The van der Waals surface area contributed by atoms with Crippen molar-refractivity contribution >= 4 is 17.6 Å². The number of carboxylic acid groups (broad SMARTS) is 1. The maximum absolute atomic E-state index is 12.6.